The molecule has 0 unspecified atom stereocenters. The van der Waals surface area contributed by atoms with E-state index >= 15 is 0 Å². The Balaban J connectivity index is 1.77. The Kier molecular flexibility index (Phi) is 5.65. The molecule has 7 heteroatoms. The largest absolute Gasteiger partial charge is 0.378 e. The summed E-state index contributed by atoms with van der Waals surface area (Å²) in [6.07, 6.45) is 6.49. The number of ether oxygens (including phenoxy) is 1. The summed E-state index contributed by atoms with van der Waals surface area (Å²) in [7, 11) is 0. The molecule has 1 aromatic rings. The third-order valence-electron chi connectivity index (χ3n) is 4.65. The van der Waals surface area contributed by atoms with Crippen LogP contribution in [-0.4, -0.2) is 43.7 Å². The number of nitrogens with one attached hydrogen (secondary N) is 1. The van der Waals surface area contributed by atoms with E-state index in [1.807, 2.05) is 4.90 Å². The van der Waals surface area contributed by atoms with E-state index in [4.69, 9.17) is 4.74 Å². The van der Waals surface area contributed by atoms with Gasteiger partial charge in [0, 0.05) is 25.7 Å². The Morgan fingerprint density at radius 1 is 1.32 bits per heavy atom. The summed E-state index contributed by atoms with van der Waals surface area (Å²) >= 11 is 0. The molecule has 1 aromatic carbocycles. The Hall–Kier alpha value is -2.41. The summed E-state index contributed by atoms with van der Waals surface area (Å²) in [5.41, 5.74) is 2.10. The summed E-state index contributed by atoms with van der Waals surface area (Å²) in [6.45, 7) is 2.63. The average molecular weight is 345 g/mol. The fourth-order valence-electron chi connectivity index (χ4n) is 3.38. The van der Waals surface area contributed by atoms with Crippen LogP contribution in [0.25, 0.3) is 0 Å². The van der Waals surface area contributed by atoms with Crippen LogP contribution < -0.4 is 10.2 Å². The monoisotopic (exact) mass is 345 g/mol. The third-order valence-corrected chi connectivity index (χ3v) is 4.65. The van der Waals surface area contributed by atoms with E-state index in [-0.39, 0.29) is 11.6 Å². The van der Waals surface area contributed by atoms with E-state index in [2.05, 4.69) is 11.4 Å². The van der Waals surface area contributed by atoms with Gasteiger partial charge in [-0.25, -0.2) is 0 Å². The Morgan fingerprint density at radius 2 is 2.12 bits per heavy atom. The molecule has 134 valence electrons. The molecule has 1 aliphatic heterocycles. The maximum atomic E-state index is 12.6. The lowest BCUT2D eigenvalue weighted by Crippen LogP contribution is -2.38. The van der Waals surface area contributed by atoms with Crippen molar-refractivity contribution in [3.8, 4) is 0 Å². The highest BCUT2D eigenvalue weighted by Gasteiger charge is 2.27. The molecule has 0 aromatic heterocycles. The summed E-state index contributed by atoms with van der Waals surface area (Å²) in [5, 5.41) is 14.3. The van der Waals surface area contributed by atoms with Gasteiger partial charge < -0.3 is 15.0 Å². The van der Waals surface area contributed by atoms with Gasteiger partial charge in [-0.2, -0.15) is 0 Å². The fraction of sp³-hybridized carbons (Fsp3) is 0.500. The number of para-hydroxylation sites is 1. The lowest BCUT2D eigenvalue weighted by molar-refractivity contribution is -0.384. The number of rotatable bonds is 6. The molecule has 1 aliphatic carbocycles. The predicted molar refractivity (Wildman–Crippen MR) is 95.0 cm³/mol. The smallest absolute Gasteiger partial charge is 0.293 e. The summed E-state index contributed by atoms with van der Waals surface area (Å²) in [4.78, 5) is 25.5. The van der Waals surface area contributed by atoms with Crippen molar-refractivity contribution in [2.75, 3.05) is 37.7 Å². The topological polar surface area (TPSA) is 84.7 Å². The number of carbonyl (C=O) groups excluding carboxylic acids is 1. The van der Waals surface area contributed by atoms with Gasteiger partial charge in [0.05, 0.1) is 23.7 Å². The van der Waals surface area contributed by atoms with E-state index in [0.717, 1.165) is 19.3 Å². The minimum atomic E-state index is -0.426. The quantitative estimate of drug-likeness (QED) is 0.487. The second-order valence-corrected chi connectivity index (χ2v) is 6.29. The zero-order valence-electron chi connectivity index (χ0n) is 14.2. The van der Waals surface area contributed by atoms with E-state index < -0.39 is 4.92 Å². The minimum absolute atomic E-state index is 0.0342. The van der Waals surface area contributed by atoms with Crippen molar-refractivity contribution in [2.45, 2.75) is 25.7 Å². The van der Waals surface area contributed by atoms with Crippen LogP contribution in [0.2, 0.25) is 0 Å². The highest BCUT2D eigenvalue weighted by molar-refractivity contribution is 6.02. The third kappa shape index (κ3) is 4.17. The molecule has 2 aliphatic rings. The molecule has 1 amide bonds. The molecule has 1 saturated heterocycles. The van der Waals surface area contributed by atoms with Gasteiger partial charge >= 0.3 is 0 Å². The van der Waals surface area contributed by atoms with Gasteiger partial charge in [-0.1, -0.05) is 17.7 Å². The first-order chi connectivity index (χ1) is 12.2. The van der Waals surface area contributed by atoms with Crippen molar-refractivity contribution in [1.29, 1.82) is 0 Å². The molecule has 0 bridgehead atoms. The number of nitrogens with zero attached hydrogens (tertiary/aromatic N) is 2. The van der Waals surface area contributed by atoms with Gasteiger partial charge in [-0.15, -0.1) is 0 Å². The van der Waals surface area contributed by atoms with Gasteiger partial charge in [-0.3, -0.25) is 14.9 Å². The van der Waals surface area contributed by atoms with Crippen molar-refractivity contribution in [1.82, 2.24) is 5.32 Å². The molecular weight excluding hydrogens is 322 g/mol. The zero-order chi connectivity index (χ0) is 17.6. The summed E-state index contributed by atoms with van der Waals surface area (Å²) in [5.74, 6) is -0.260. The van der Waals surface area contributed by atoms with Crippen LogP contribution in [0.5, 0.6) is 0 Å². The van der Waals surface area contributed by atoms with E-state index in [0.29, 0.717) is 44.1 Å². The summed E-state index contributed by atoms with van der Waals surface area (Å²) < 4.78 is 5.33. The standard InChI is InChI=1S/C18H23N3O4/c22-18(19-9-8-14-4-1-2-5-14)15-6-3-7-16(21(23)24)17(15)20-10-12-25-13-11-20/h3-4,6-7H,1-2,5,8-13H2,(H,19,22). The highest BCUT2D eigenvalue weighted by atomic mass is 16.6. The van der Waals surface area contributed by atoms with Crippen LogP contribution in [0.4, 0.5) is 11.4 Å². The Labute approximate surface area is 146 Å². The molecule has 3 rings (SSSR count). The minimum Gasteiger partial charge on any atom is -0.378 e. The van der Waals surface area contributed by atoms with Crippen molar-refractivity contribution in [3.05, 3.63) is 45.5 Å². The average Bonchev–Trinajstić information content (AvgIpc) is 3.15. The predicted octanol–water partition coefficient (Wildman–Crippen LogP) is 2.66. The molecule has 0 atom stereocenters. The number of nitro groups is 1. The molecule has 7 nitrogen and oxygen atoms in total. The second kappa shape index (κ2) is 8.11. The number of nitro benzene ring substituents is 1. The molecule has 25 heavy (non-hydrogen) atoms. The van der Waals surface area contributed by atoms with Gasteiger partial charge in [0.15, 0.2) is 0 Å². The normalized spacial score (nSPS) is 17.3. The number of hydrogen-bond acceptors (Lipinski definition) is 5. The number of morpholine rings is 1. The number of benzene rings is 1. The number of allylic oxidation sites excluding steroid dienone is 1. The maximum absolute atomic E-state index is 12.6. The van der Waals surface area contributed by atoms with Gasteiger partial charge in [0.2, 0.25) is 0 Å². The van der Waals surface area contributed by atoms with Crippen molar-refractivity contribution in [2.24, 2.45) is 0 Å². The number of hydrogen-bond donors (Lipinski definition) is 1. The first-order valence-electron chi connectivity index (χ1n) is 8.73. The maximum Gasteiger partial charge on any atom is 0.293 e. The first-order valence-corrected chi connectivity index (χ1v) is 8.73. The van der Waals surface area contributed by atoms with Gasteiger partial charge in [-0.05, 0) is 31.7 Å². The van der Waals surface area contributed by atoms with Crippen molar-refractivity contribution < 1.29 is 14.5 Å². The highest BCUT2D eigenvalue weighted by Crippen LogP contribution is 2.32. The van der Waals surface area contributed by atoms with Crippen LogP contribution in [0.3, 0.4) is 0 Å². The molecule has 1 N–H and O–H groups in total. The van der Waals surface area contributed by atoms with Crippen LogP contribution in [-0.2, 0) is 4.74 Å². The van der Waals surface area contributed by atoms with E-state index in [9.17, 15) is 14.9 Å². The SMILES string of the molecule is O=C(NCCC1=CCCC1)c1cccc([N+](=O)[O-])c1N1CCOCC1. The number of anilines is 1. The molecular formula is C18H23N3O4. The number of amides is 1. The van der Waals surface area contributed by atoms with E-state index in [1.54, 1.807) is 12.1 Å². The number of carbonyl (C=O) groups is 1. The van der Waals surface area contributed by atoms with E-state index in [1.165, 1.54) is 18.1 Å². The van der Waals surface area contributed by atoms with Crippen LogP contribution in [0.1, 0.15) is 36.0 Å². The molecule has 1 heterocycles. The Morgan fingerprint density at radius 3 is 2.80 bits per heavy atom. The van der Waals surface area contributed by atoms with Gasteiger partial charge in [0.25, 0.3) is 11.6 Å². The zero-order valence-corrected chi connectivity index (χ0v) is 14.2. The van der Waals surface area contributed by atoms with Crippen LogP contribution in [0.15, 0.2) is 29.8 Å². The molecule has 0 saturated carbocycles. The van der Waals surface area contributed by atoms with Crippen LogP contribution in [0, 0.1) is 10.1 Å². The molecule has 0 spiro atoms. The van der Waals surface area contributed by atoms with Crippen molar-refractivity contribution in [3.63, 3.8) is 0 Å². The molecule has 1 fully saturated rings. The lowest BCUT2D eigenvalue weighted by atomic mass is 10.1. The van der Waals surface area contributed by atoms with Gasteiger partial charge in [0.1, 0.15) is 5.69 Å². The van der Waals surface area contributed by atoms with Crippen LogP contribution >= 0.6 is 0 Å². The molecule has 0 radical (unpaired) electrons. The Bertz CT molecular complexity index is 681. The van der Waals surface area contributed by atoms with Crippen molar-refractivity contribution >= 4 is 17.3 Å². The first kappa shape index (κ1) is 17.4. The lowest BCUT2D eigenvalue weighted by Gasteiger charge is -2.29. The fourth-order valence-corrected chi connectivity index (χ4v) is 3.38. The second-order valence-electron chi connectivity index (χ2n) is 6.29. The summed E-state index contributed by atoms with van der Waals surface area (Å²) in [6, 6.07) is 4.67.